The van der Waals surface area contributed by atoms with Crippen molar-refractivity contribution >= 4 is 16.1 Å². The number of hydrogen-bond donors (Lipinski definition) is 3. The van der Waals surface area contributed by atoms with Gasteiger partial charge < -0.3 is 10.6 Å². The number of urea groups is 1. The Morgan fingerprint density at radius 3 is 2.67 bits per heavy atom. The molecule has 1 atom stereocenters. The molecule has 2 amide bonds. The summed E-state index contributed by atoms with van der Waals surface area (Å²) in [6, 6.07) is 11.3. The van der Waals surface area contributed by atoms with Crippen LogP contribution in [-0.2, 0) is 16.6 Å². The molecule has 2 aromatic rings. The predicted octanol–water partition coefficient (Wildman–Crippen LogP) is 1.55. The molecule has 1 aromatic carbocycles. The van der Waals surface area contributed by atoms with Crippen molar-refractivity contribution in [3.05, 3.63) is 59.9 Å². The van der Waals surface area contributed by atoms with Gasteiger partial charge in [0.1, 0.15) is 0 Å². The van der Waals surface area contributed by atoms with E-state index in [-0.39, 0.29) is 23.5 Å². The van der Waals surface area contributed by atoms with Crippen LogP contribution in [0.5, 0.6) is 0 Å². The lowest BCUT2D eigenvalue weighted by molar-refractivity contribution is 0.237. The molecule has 0 aliphatic heterocycles. The highest BCUT2D eigenvalue weighted by molar-refractivity contribution is 7.89. The SMILES string of the molecule is CNS(=O)(=O)c1cccc(CNC(=O)N[C@@H](C)c2ccccn2)c1. The molecule has 3 N–H and O–H groups in total. The third-order valence-corrected chi connectivity index (χ3v) is 4.82. The molecular formula is C16H20N4O3S. The quantitative estimate of drug-likeness (QED) is 0.737. The van der Waals surface area contributed by atoms with Crippen molar-refractivity contribution in [3.63, 3.8) is 0 Å². The van der Waals surface area contributed by atoms with E-state index >= 15 is 0 Å². The number of hydrogen-bond acceptors (Lipinski definition) is 4. The van der Waals surface area contributed by atoms with Gasteiger partial charge in [0.25, 0.3) is 0 Å². The Balaban J connectivity index is 1.94. The predicted molar refractivity (Wildman–Crippen MR) is 90.7 cm³/mol. The Morgan fingerprint density at radius 2 is 2.00 bits per heavy atom. The second-order valence-corrected chi connectivity index (χ2v) is 7.04. The average molecular weight is 348 g/mol. The number of pyridine rings is 1. The third-order valence-electron chi connectivity index (χ3n) is 3.41. The normalized spacial score (nSPS) is 12.4. The zero-order chi connectivity index (χ0) is 17.6. The molecule has 7 nitrogen and oxygen atoms in total. The van der Waals surface area contributed by atoms with Crippen LogP contribution in [0.3, 0.4) is 0 Å². The standard InChI is InChI=1S/C16H20N4O3S/c1-12(15-8-3-4-9-18-15)20-16(21)19-11-13-6-5-7-14(10-13)24(22,23)17-2/h3-10,12,17H,11H2,1-2H3,(H2,19,20,21)/t12-/m0/s1. The van der Waals surface area contributed by atoms with Gasteiger partial charge in [-0.3, -0.25) is 4.98 Å². The first kappa shape index (κ1) is 17.9. The van der Waals surface area contributed by atoms with Crippen molar-refractivity contribution in [3.8, 4) is 0 Å². The largest absolute Gasteiger partial charge is 0.334 e. The minimum absolute atomic E-state index is 0.159. The molecule has 0 aliphatic rings. The van der Waals surface area contributed by atoms with E-state index in [2.05, 4.69) is 20.3 Å². The average Bonchev–Trinajstić information content (AvgIpc) is 2.61. The number of nitrogens with one attached hydrogen (secondary N) is 3. The number of benzene rings is 1. The van der Waals surface area contributed by atoms with Crippen LogP contribution < -0.4 is 15.4 Å². The summed E-state index contributed by atoms with van der Waals surface area (Å²) in [5, 5.41) is 5.48. The molecule has 0 saturated heterocycles. The van der Waals surface area contributed by atoms with Crippen LogP contribution >= 0.6 is 0 Å². The zero-order valence-electron chi connectivity index (χ0n) is 13.5. The van der Waals surface area contributed by atoms with Gasteiger partial charge in [-0.25, -0.2) is 17.9 Å². The maximum atomic E-state index is 12.0. The fourth-order valence-electron chi connectivity index (χ4n) is 2.08. The maximum absolute atomic E-state index is 12.0. The highest BCUT2D eigenvalue weighted by Gasteiger charge is 2.12. The second kappa shape index (κ2) is 7.89. The molecule has 1 heterocycles. The summed E-state index contributed by atoms with van der Waals surface area (Å²) in [7, 11) is -2.15. The van der Waals surface area contributed by atoms with Gasteiger partial charge in [-0.2, -0.15) is 0 Å². The fourth-order valence-corrected chi connectivity index (χ4v) is 2.88. The van der Waals surface area contributed by atoms with E-state index in [1.54, 1.807) is 18.3 Å². The van der Waals surface area contributed by atoms with Gasteiger partial charge in [-0.1, -0.05) is 18.2 Å². The van der Waals surface area contributed by atoms with E-state index in [0.717, 1.165) is 5.69 Å². The lowest BCUT2D eigenvalue weighted by Gasteiger charge is -2.14. The molecule has 0 aliphatic carbocycles. The Kier molecular flexibility index (Phi) is 5.88. The molecule has 0 saturated carbocycles. The molecule has 128 valence electrons. The molecule has 24 heavy (non-hydrogen) atoms. The van der Waals surface area contributed by atoms with Crippen LogP contribution in [-0.4, -0.2) is 26.5 Å². The van der Waals surface area contributed by atoms with Crippen molar-refractivity contribution in [2.45, 2.75) is 24.4 Å². The minimum atomic E-state index is -3.50. The number of nitrogens with zero attached hydrogens (tertiary/aromatic N) is 1. The van der Waals surface area contributed by atoms with Crippen molar-refractivity contribution < 1.29 is 13.2 Å². The van der Waals surface area contributed by atoms with Crippen molar-refractivity contribution in [2.24, 2.45) is 0 Å². The van der Waals surface area contributed by atoms with E-state index in [1.165, 1.54) is 19.2 Å². The lowest BCUT2D eigenvalue weighted by atomic mass is 10.2. The van der Waals surface area contributed by atoms with Gasteiger partial charge in [-0.05, 0) is 43.8 Å². The monoisotopic (exact) mass is 348 g/mol. The molecule has 0 radical (unpaired) electrons. The van der Waals surface area contributed by atoms with E-state index < -0.39 is 10.0 Å². The molecule has 2 rings (SSSR count). The van der Waals surface area contributed by atoms with Crippen molar-refractivity contribution in [2.75, 3.05) is 7.05 Å². The molecule has 8 heteroatoms. The summed E-state index contributed by atoms with van der Waals surface area (Å²) in [6.45, 7) is 2.05. The Hall–Kier alpha value is -2.45. The van der Waals surface area contributed by atoms with Gasteiger partial charge in [0.05, 0.1) is 16.6 Å². The number of rotatable bonds is 6. The molecule has 0 bridgehead atoms. The van der Waals surface area contributed by atoms with Gasteiger partial charge in [-0.15, -0.1) is 0 Å². The summed E-state index contributed by atoms with van der Waals surface area (Å²) in [6.07, 6.45) is 1.67. The smallest absolute Gasteiger partial charge is 0.315 e. The zero-order valence-corrected chi connectivity index (χ0v) is 14.3. The second-order valence-electron chi connectivity index (χ2n) is 5.16. The number of amides is 2. The topological polar surface area (TPSA) is 100 Å². The van der Waals surface area contributed by atoms with Crippen LogP contribution in [0.15, 0.2) is 53.6 Å². The molecule has 0 unspecified atom stereocenters. The van der Waals surface area contributed by atoms with Crippen molar-refractivity contribution in [1.29, 1.82) is 0 Å². The summed E-state index contributed by atoms with van der Waals surface area (Å²) >= 11 is 0. The van der Waals surface area contributed by atoms with Crippen LogP contribution in [0.4, 0.5) is 4.79 Å². The Bertz CT molecular complexity index is 794. The molecule has 1 aromatic heterocycles. The molecule has 0 spiro atoms. The number of carbonyl (C=O) groups excluding carboxylic acids is 1. The maximum Gasteiger partial charge on any atom is 0.315 e. The van der Waals surface area contributed by atoms with Gasteiger partial charge in [0.15, 0.2) is 0 Å². The van der Waals surface area contributed by atoms with E-state index in [1.807, 2.05) is 25.1 Å². The number of sulfonamides is 1. The first-order chi connectivity index (χ1) is 11.4. The van der Waals surface area contributed by atoms with E-state index in [0.29, 0.717) is 5.56 Å². The summed E-state index contributed by atoms with van der Waals surface area (Å²) < 4.78 is 25.8. The third kappa shape index (κ3) is 4.77. The van der Waals surface area contributed by atoms with Crippen LogP contribution in [0.2, 0.25) is 0 Å². The van der Waals surface area contributed by atoms with Crippen molar-refractivity contribution in [1.82, 2.24) is 20.3 Å². The Morgan fingerprint density at radius 1 is 1.21 bits per heavy atom. The van der Waals surface area contributed by atoms with Gasteiger partial charge >= 0.3 is 6.03 Å². The molecular weight excluding hydrogens is 328 g/mol. The summed E-state index contributed by atoms with van der Waals surface area (Å²) in [5.74, 6) is 0. The first-order valence-electron chi connectivity index (χ1n) is 7.40. The van der Waals surface area contributed by atoms with Crippen LogP contribution in [0.25, 0.3) is 0 Å². The lowest BCUT2D eigenvalue weighted by Crippen LogP contribution is -2.36. The van der Waals surface area contributed by atoms with Gasteiger partial charge in [0, 0.05) is 12.7 Å². The van der Waals surface area contributed by atoms with Gasteiger partial charge in [0.2, 0.25) is 10.0 Å². The first-order valence-corrected chi connectivity index (χ1v) is 8.88. The van der Waals surface area contributed by atoms with Crippen LogP contribution in [0.1, 0.15) is 24.2 Å². The number of carbonyl (C=O) groups is 1. The number of aromatic nitrogens is 1. The summed E-state index contributed by atoms with van der Waals surface area (Å²) in [5.41, 5.74) is 1.45. The fraction of sp³-hybridized carbons (Fsp3) is 0.250. The minimum Gasteiger partial charge on any atom is -0.334 e. The Labute approximate surface area is 141 Å². The summed E-state index contributed by atoms with van der Waals surface area (Å²) in [4.78, 5) is 16.3. The highest BCUT2D eigenvalue weighted by Crippen LogP contribution is 2.11. The molecule has 0 fully saturated rings. The van der Waals surface area contributed by atoms with E-state index in [9.17, 15) is 13.2 Å². The van der Waals surface area contributed by atoms with Crippen LogP contribution in [0, 0.1) is 0 Å². The van der Waals surface area contributed by atoms with E-state index in [4.69, 9.17) is 0 Å². The highest BCUT2D eigenvalue weighted by atomic mass is 32.2.